The molecule has 1 N–H and O–H groups in total. The van der Waals surface area contributed by atoms with Crippen LogP contribution in [0.25, 0.3) is 6.08 Å². The van der Waals surface area contributed by atoms with E-state index in [9.17, 15) is 9.59 Å². The van der Waals surface area contributed by atoms with Crippen molar-refractivity contribution in [3.8, 4) is 0 Å². The quantitative estimate of drug-likeness (QED) is 0.175. The summed E-state index contributed by atoms with van der Waals surface area (Å²) in [6.07, 6.45) is 4.46. The van der Waals surface area contributed by atoms with Gasteiger partial charge in [0.15, 0.2) is 0 Å². The highest BCUT2D eigenvalue weighted by Gasteiger charge is 2.31. The fourth-order valence-corrected chi connectivity index (χ4v) is 5.38. The lowest BCUT2D eigenvalue weighted by atomic mass is 10.1. The molecule has 2 amide bonds. The Morgan fingerprint density at radius 1 is 1.13 bits per heavy atom. The molecule has 1 aromatic heterocycles. The summed E-state index contributed by atoms with van der Waals surface area (Å²) in [6.45, 7) is 0.548. The topological polar surface area (TPSA) is 49.4 Å². The van der Waals surface area contributed by atoms with Crippen molar-refractivity contribution in [1.82, 2.24) is 4.90 Å². The molecule has 4 nitrogen and oxygen atoms in total. The van der Waals surface area contributed by atoms with E-state index in [-0.39, 0.29) is 11.8 Å². The summed E-state index contributed by atoms with van der Waals surface area (Å²) in [4.78, 5) is 28.0. The van der Waals surface area contributed by atoms with Gasteiger partial charge in [-0.25, -0.2) is 0 Å². The monoisotopic (exact) mass is 518 g/mol. The number of amides is 2. The molecule has 0 bridgehead atoms. The van der Waals surface area contributed by atoms with Crippen molar-refractivity contribution in [1.29, 1.82) is 0 Å². The van der Waals surface area contributed by atoms with Crippen molar-refractivity contribution >= 4 is 98.0 Å². The van der Waals surface area contributed by atoms with Crippen molar-refractivity contribution in [2.45, 2.75) is 25.7 Å². The van der Waals surface area contributed by atoms with Crippen LogP contribution in [0.15, 0.2) is 34.6 Å². The second-order valence-corrected chi connectivity index (χ2v) is 10.3. The highest BCUT2D eigenvalue weighted by atomic mass is 35.5. The third kappa shape index (κ3) is 6.22. The Morgan fingerprint density at radius 2 is 1.90 bits per heavy atom. The van der Waals surface area contributed by atoms with Gasteiger partial charge < -0.3 is 5.32 Å². The Labute approximate surface area is 203 Å². The summed E-state index contributed by atoms with van der Waals surface area (Å²) in [5, 5.41) is 5.71. The number of rotatable bonds is 8. The average molecular weight is 520 g/mol. The molecule has 1 fully saturated rings. The fourth-order valence-electron chi connectivity index (χ4n) is 2.76. The van der Waals surface area contributed by atoms with Crippen molar-refractivity contribution in [3.63, 3.8) is 0 Å². The van der Waals surface area contributed by atoms with Gasteiger partial charge in [0.05, 0.1) is 25.7 Å². The lowest BCUT2D eigenvalue weighted by Crippen LogP contribution is -2.29. The number of unbranched alkanes of at least 4 members (excludes halogenated alkanes) is 2. The molecule has 2 aromatic rings. The number of thioether (sulfide) groups is 1. The molecule has 0 atom stereocenters. The third-order valence-electron chi connectivity index (χ3n) is 4.26. The van der Waals surface area contributed by atoms with Crippen LogP contribution in [-0.4, -0.2) is 27.6 Å². The molecule has 0 radical (unpaired) electrons. The SMILES string of the molecule is O=C(CCCCCN1C(=O)C(=Cc2cccs2)SC1=S)Nc1cc(Cl)c(Cl)cc1Cl. The van der Waals surface area contributed by atoms with Crippen LogP contribution in [-0.2, 0) is 9.59 Å². The molecule has 158 valence electrons. The van der Waals surface area contributed by atoms with Crippen molar-refractivity contribution in [2.24, 2.45) is 0 Å². The summed E-state index contributed by atoms with van der Waals surface area (Å²) in [5.74, 6) is -0.204. The molecule has 1 aliphatic rings. The third-order valence-corrected chi connectivity index (χ3v) is 7.49. The van der Waals surface area contributed by atoms with E-state index >= 15 is 0 Å². The largest absolute Gasteiger partial charge is 0.325 e. The smallest absolute Gasteiger partial charge is 0.266 e. The lowest BCUT2D eigenvalue weighted by molar-refractivity contribution is -0.122. The number of nitrogens with one attached hydrogen (secondary N) is 1. The van der Waals surface area contributed by atoms with Gasteiger partial charge in [0, 0.05) is 17.8 Å². The highest BCUT2D eigenvalue weighted by Crippen LogP contribution is 2.34. The Kier molecular flexibility index (Phi) is 8.62. The molecule has 3 rings (SSSR count). The van der Waals surface area contributed by atoms with Gasteiger partial charge in [0.25, 0.3) is 5.91 Å². The molecule has 0 unspecified atom stereocenters. The van der Waals surface area contributed by atoms with Gasteiger partial charge >= 0.3 is 0 Å². The van der Waals surface area contributed by atoms with E-state index in [4.69, 9.17) is 47.0 Å². The predicted octanol–water partition coefficient (Wildman–Crippen LogP) is 7.11. The molecule has 1 aromatic carbocycles. The maximum absolute atomic E-state index is 12.6. The van der Waals surface area contributed by atoms with Gasteiger partial charge in [-0.05, 0) is 42.5 Å². The minimum atomic E-state index is -0.153. The van der Waals surface area contributed by atoms with Crippen LogP contribution < -0.4 is 5.32 Å². The first-order valence-electron chi connectivity index (χ1n) is 9.08. The van der Waals surface area contributed by atoms with Gasteiger partial charge in [-0.3, -0.25) is 14.5 Å². The molecular weight excluding hydrogens is 503 g/mol. The number of halogens is 3. The normalized spacial score (nSPS) is 15.3. The van der Waals surface area contributed by atoms with Gasteiger partial charge in [-0.15, -0.1) is 11.3 Å². The Morgan fingerprint density at radius 3 is 2.63 bits per heavy atom. The molecule has 10 heteroatoms. The van der Waals surface area contributed by atoms with Crippen LogP contribution in [0.4, 0.5) is 5.69 Å². The van der Waals surface area contributed by atoms with Gasteiger partial charge in [0.1, 0.15) is 4.32 Å². The number of hydrogen-bond acceptors (Lipinski definition) is 5. The number of carbonyl (C=O) groups is 2. The maximum Gasteiger partial charge on any atom is 0.266 e. The molecule has 0 saturated carbocycles. The predicted molar refractivity (Wildman–Crippen MR) is 133 cm³/mol. The first-order chi connectivity index (χ1) is 14.3. The number of carbonyl (C=O) groups excluding carboxylic acids is 2. The van der Waals surface area contributed by atoms with E-state index in [0.717, 1.165) is 17.7 Å². The zero-order valence-corrected chi connectivity index (χ0v) is 20.3. The van der Waals surface area contributed by atoms with E-state index in [1.807, 2.05) is 23.6 Å². The fraction of sp³-hybridized carbons (Fsp3) is 0.250. The van der Waals surface area contributed by atoms with Crippen LogP contribution >= 0.6 is 70.1 Å². The second kappa shape index (κ2) is 11.0. The van der Waals surface area contributed by atoms with Gasteiger partial charge in [0.2, 0.25) is 5.91 Å². The molecular formula is C20H17Cl3N2O2S3. The first-order valence-corrected chi connectivity index (χ1v) is 12.3. The average Bonchev–Trinajstić information content (AvgIpc) is 3.29. The van der Waals surface area contributed by atoms with Gasteiger partial charge in [-0.1, -0.05) is 71.3 Å². The molecule has 30 heavy (non-hydrogen) atoms. The highest BCUT2D eigenvalue weighted by molar-refractivity contribution is 8.26. The van der Waals surface area contributed by atoms with E-state index < -0.39 is 0 Å². The summed E-state index contributed by atoms with van der Waals surface area (Å²) < 4.78 is 0.579. The zero-order valence-electron chi connectivity index (χ0n) is 15.6. The van der Waals surface area contributed by atoms with Crippen molar-refractivity contribution in [3.05, 3.63) is 54.5 Å². The number of benzene rings is 1. The van der Waals surface area contributed by atoms with Gasteiger partial charge in [-0.2, -0.15) is 0 Å². The van der Waals surface area contributed by atoms with Crippen LogP contribution in [0, 0.1) is 0 Å². The minimum Gasteiger partial charge on any atom is -0.325 e. The molecule has 1 aliphatic heterocycles. The number of anilines is 1. The molecule has 2 heterocycles. The Balaban J connectivity index is 1.41. The summed E-state index contributed by atoms with van der Waals surface area (Å²) in [7, 11) is 0. The molecule has 0 aliphatic carbocycles. The number of thiophene rings is 1. The number of nitrogens with zero attached hydrogens (tertiary/aromatic N) is 1. The first kappa shape index (κ1) is 23.6. The maximum atomic E-state index is 12.6. The lowest BCUT2D eigenvalue weighted by Gasteiger charge is -2.14. The van der Waals surface area contributed by atoms with Crippen molar-refractivity contribution in [2.75, 3.05) is 11.9 Å². The molecule has 1 saturated heterocycles. The Bertz CT molecular complexity index is 993. The second-order valence-electron chi connectivity index (χ2n) is 6.45. The summed E-state index contributed by atoms with van der Waals surface area (Å²) in [6, 6.07) is 6.94. The zero-order chi connectivity index (χ0) is 21.7. The number of thiocarbonyl (C=S) groups is 1. The summed E-state index contributed by atoms with van der Waals surface area (Å²) >= 11 is 26.2. The van der Waals surface area contributed by atoms with Crippen LogP contribution in [0.2, 0.25) is 15.1 Å². The van der Waals surface area contributed by atoms with E-state index in [1.165, 1.54) is 23.9 Å². The van der Waals surface area contributed by atoms with E-state index in [1.54, 1.807) is 16.2 Å². The van der Waals surface area contributed by atoms with E-state index in [2.05, 4.69) is 5.32 Å². The van der Waals surface area contributed by atoms with Crippen LogP contribution in [0.3, 0.4) is 0 Å². The number of hydrogen-bond donors (Lipinski definition) is 1. The standard InChI is InChI=1S/C20H17Cl3N2O2S3/c21-13-10-15(23)16(11-14(13)22)24-18(26)6-2-1-3-7-25-19(27)17(30-20(25)28)9-12-5-4-8-29-12/h4-5,8-11H,1-3,6-7H2,(H,24,26). The van der Waals surface area contributed by atoms with Crippen LogP contribution in [0.5, 0.6) is 0 Å². The van der Waals surface area contributed by atoms with Crippen LogP contribution in [0.1, 0.15) is 30.6 Å². The Hall–Kier alpha value is -1.09. The minimum absolute atomic E-state index is 0.0506. The van der Waals surface area contributed by atoms with E-state index in [0.29, 0.717) is 49.4 Å². The summed E-state index contributed by atoms with van der Waals surface area (Å²) in [5.41, 5.74) is 0.436. The molecule has 0 spiro atoms. The van der Waals surface area contributed by atoms with Crippen molar-refractivity contribution < 1.29 is 9.59 Å².